The molecule has 114 valence electrons. The lowest BCUT2D eigenvalue weighted by Crippen LogP contribution is -2.33. The van der Waals surface area contributed by atoms with Crippen molar-refractivity contribution >= 4 is 6.09 Å². The van der Waals surface area contributed by atoms with Crippen LogP contribution in [0.25, 0.3) is 11.3 Å². The Morgan fingerprint density at radius 2 is 1.86 bits per heavy atom. The van der Waals surface area contributed by atoms with Gasteiger partial charge in [-0.3, -0.25) is 14.9 Å². The summed E-state index contributed by atoms with van der Waals surface area (Å²) in [6.07, 6.45) is 4.99. The van der Waals surface area contributed by atoms with E-state index in [1.807, 2.05) is 39.0 Å². The minimum atomic E-state index is -0.488. The fourth-order valence-corrected chi connectivity index (χ4v) is 2.52. The Morgan fingerprint density at radius 1 is 1.14 bits per heavy atom. The molecule has 3 rings (SSSR count). The van der Waals surface area contributed by atoms with Crippen LogP contribution in [0, 0.1) is 0 Å². The van der Waals surface area contributed by atoms with Crippen LogP contribution >= 0.6 is 0 Å². The van der Waals surface area contributed by atoms with Crippen molar-refractivity contribution in [3.8, 4) is 11.3 Å². The summed E-state index contributed by atoms with van der Waals surface area (Å²) in [4.78, 5) is 22.5. The number of pyridine rings is 2. The lowest BCUT2D eigenvalue weighted by atomic mass is 10.0. The van der Waals surface area contributed by atoms with Crippen LogP contribution in [0.2, 0.25) is 0 Å². The third-order valence-electron chi connectivity index (χ3n) is 3.47. The van der Waals surface area contributed by atoms with Crippen molar-refractivity contribution < 1.29 is 9.53 Å². The number of fused-ring (bicyclic) bond motifs is 1. The van der Waals surface area contributed by atoms with Gasteiger partial charge in [-0.05, 0) is 44.5 Å². The zero-order chi connectivity index (χ0) is 15.7. The number of aromatic nitrogens is 2. The number of amides is 1. The van der Waals surface area contributed by atoms with E-state index >= 15 is 0 Å². The van der Waals surface area contributed by atoms with E-state index in [1.54, 1.807) is 23.5 Å². The first-order valence-electron chi connectivity index (χ1n) is 7.29. The summed E-state index contributed by atoms with van der Waals surface area (Å²) in [5, 5.41) is 0. The number of hydrogen-bond donors (Lipinski definition) is 0. The molecule has 1 amide bonds. The maximum absolute atomic E-state index is 12.3. The standard InChI is InChI=1S/C17H19N3O2/c1-17(2,3)22-16(21)20-10-13-6-9-19-15(14(13)11-20)12-4-7-18-8-5-12/h4-9H,10-11H2,1-3H3. The molecule has 0 saturated heterocycles. The lowest BCUT2D eigenvalue weighted by molar-refractivity contribution is 0.0242. The SMILES string of the molecule is CC(C)(C)OC(=O)N1Cc2ccnc(-c3ccncc3)c2C1. The number of nitrogens with zero attached hydrogens (tertiary/aromatic N) is 3. The Morgan fingerprint density at radius 3 is 2.55 bits per heavy atom. The van der Waals surface area contributed by atoms with Crippen molar-refractivity contribution in [1.29, 1.82) is 0 Å². The summed E-state index contributed by atoms with van der Waals surface area (Å²) in [7, 11) is 0. The number of ether oxygens (including phenoxy) is 1. The van der Waals surface area contributed by atoms with Crippen molar-refractivity contribution in [2.45, 2.75) is 39.5 Å². The summed E-state index contributed by atoms with van der Waals surface area (Å²) in [6, 6.07) is 5.82. The van der Waals surface area contributed by atoms with Crippen LogP contribution in [0.1, 0.15) is 31.9 Å². The zero-order valence-electron chi connectivity index (χ0n) is 13.0. The second-order valence-electron chi connectivity index (χ2n) is 6.37. The molecule has 0 radical (unpaired) electrons. The zero-order valence-corrected chi connectivity index (χ0v) is 13.0. The molecule has 5 nitrogen and oxygen atoms in total. The molecule has 0 aliphatic carbocycles. The first kappa shape index (κ1) is 14.5. The topological polar surface area (TPSA) is 55.3 Å². The molecule has 0 atom stereocenters. The summed E-state index contributed by atoms with van der Waals surface area (Å²) in [6.45, 7) is 6.70. The second kappa shape index (κ2) is 5.40. The van der Waals surface area contributed by atoms with Crippen LogP contribution < -0.4 is 0 Å². The molecule has 3 heterocycles. The van der Waals surface area contributed by atoms with Gasteiger partial charge >= 0.3 is 6.09 Å². The molecule has 0 unspecified atom stereocenters. The maximum Gasteiger partial charge on any atom is 0.410 e. The Kier molecular flexibility index (Phi) is 3.56. The summed E-state index contributed by atoms with van der Waals surface area (Å²) in [5.41, 5.74) is 3.63. The normalized spacial score (nSPS) is 13.9. The van der Waals surface area contributed by atoms with Crippen molar-refractivity contribution in [2.75, 3.05) is 0 Å². The molecule has 2 aromatic rings. The maximum atomic E-state index is 12.3. The quantitative estimate of drug-likeness (QED) is 0.809. The van der Waals surface area contributed by atoms with E-state index in [4.69, 9.17) is 4.74 Å². The Balaban J connectivity index is 1.87. The number of carbonyl (C=O) groups excluding carboxylic acids is 1. The fraction of sp³-hybridized carbons (Fsp3) is 0.353. The van der Waals surface area contributed by atoms with Gasteiger partial charge in [0, 0.05) is 36.3 Å². The van der Waals surface area contributed by atoms with Gasteiger partial charge in [-0.25, -0.2) is 4.79 Å². The van der Waals surface area contributed by atoms with Crippen molar-refractivity contribution in [1.82, 2.24) is 14.9 Å². The minimum Gasteiger partial charge on any atom is -0.444 e. The Labute approximate surface area is 130 Å². The largest absolute Gasteiger partial charge is 0.444 e. The van der Waals surface area contributed by atoms with Crippen molar-refractivity contribution in [3.05, 3.63) is 47.9 Å². The van der Waals surface area contributed by atoms with Gasteiger partial charge in [0.2, 0.25) is 0 Å². The average Bonchev–Trinajstić information content (AvgIpc) is 2.90. The summed E-state index contributed by atoms with van der Waals surface area (Å²) in [5.74, 6) is 0. The molecule has 0 N–H and O–H groups in total. The van der Waals surface area contributed by atoms with E-state index < -0.39 is 5.60 Å². The molecular weight excluding hydrogens is 278 g/mol. The van der Waals surface area contributed by atoms with Crippen molar-refractivity contribution in [2.24, 2.45) is 0 Å². The van der Waals surface area contributed by atoms with Gasteiger partial charge in [0.25, 0.3) is 0 Å². The molecule has 1 aliphatic heterocycles. The molecule has 0 saturated carbocycles. The lowest BCUT2D eigenvalue weighted by Gasteiger charge is -2.24. The highest BCUT2D eigenvalue weighted by Crippen LogP contribution is 2.31. The van der Waals surface area contributed by atoms with Gasteiger partial charge in [0.1, 0.15) is 5.60 Å². The van der Waals surface area contributed by atoms with Gasteiger partial charge in [0.15, 0.2) is 0 Å². The number of rotatable bonds is 1. The molecule has 0 aromatic carbocycles. The molecule has 0 fully saturated rings. The molecule has 22 heavy (non-hydrogen) atoms. The van der Waals surface area contributed by atoms with Crippen LogP contribution in [0.5, 0.6) is 0 Å². The predicted molar refractivity (Wildman–Crippen MR) is 82.9 cm³/mol. The van der Waals surface area contributed by atoms with Gasteiger partial charge in [-0.2, -0.15) is 0 Å². The molecular formula is C17H19N3O2. The molecule has 0 bridgehead atoms. The monoisotopic (exact) mass is 297 g/mol. The predicted octanol–water partition coefficient (Wildman–Crippen LogP) is 3.39. The second-order valence-corrected chi connectivity index (χ2v) is 6.37. The molecule has 0 spiro atoms. The molecule has 2 aromatic heterocycles. The van der Waals surface area contributed by atoms with E-state index in [9.17, 15) is 4.79 Å². The van der Waals surface area contributed by atoms with Crippen LogP contribution in [0.4, 0.5) is 4.79 Å². The highest BCUT2D eigenvalue weighted by molar-refractivity contribution is 5.72. The van der Waals surface area contributed by atoms with Crippen LogP contribution in [0.3, 0.4) is 0 Å². The minimum absolute atomic E-state index is 0.288. The fourth-order valence-electron chi connectivity index (χ4n) is 2.52. The summed E-state index contributed by atoms with van der Waals surface area (Å²) >= 11 is 0. The van der Waals surface area contributed by atoms with Crippen LogP contribution in [0.15, 0.2) is 36.8 Å². The van der Waals surface area contributed by atoms with Crippen LogP contribution in [-0.4, -0.2) is 26.6 Å². The van der Waals surface area contributed by atoms with E-state index in [1.165, 1.54) is 0 Å². The van der Waals surface area contributed by atoms with Gasteiger partial charge in [-0.1, -0.05) is 0 Å². The highest BCUT2D eigenvalue weighted by Gasteiger charge is 2.29. The molecule has 5 heteroatoms. The summed E-state index contributed by atoms with van der Waals surface area (Å²) < 4.78 is 5.46. The third-order valence-corrected chi connectivity index (χ3v) is 3.47. The first-order chi connectivity index (χ1) is 10.4. The Bertz CT molecular complexity index is 693. The smallest absolute Gasteiger partial charge is 0.410 e. The van der Waals surface area contributed by atoms with E-state index in [-0.39, 0.29) is 6.09 Å². The van der Waals surface area contributed by atoms with E-state index in [2.05, 4.69) is 9.97 Å². The highest BCUT2D eigenvalue weighted by atomic mass is 16.6. The first-order valence-corrected chi connectivity index (χ1v) is 7.29. The van der Waals surface area contributed by atoms with Crippen LogP contribution in [-0.2, 0) is 17.8 Å². The van der Waals surface area contributed by atoms with Gasteiger partial charge in [0.05, 0.1) is 12.2 Å². The van der Waals surface area contributed by atoms with E-state index in [0.29, 0.717) is 13.1 Å². The van der Waals surface area contributed by atoms with Gasteiger partial charge in [-0.15, -0.1) is 0 Å². The van der Waals surface area contributed by atoms with Crippen molar-refractivity contribution in [3.63, 3.8) is 0 Å². The van der Waals surface area contributed by atoms with E-state index in [0.717, 1.165) is 22.4 Å². The van der Waals surface area contributed by atoms with Gasteiger partial charge < -0.3 is 4.74 Å². The third kappa shape index (κ3) is 2.93. The Hall–Kier alpha value is -2.43. The molecule has 1 aliphatic rings. The number of carbonyl (C=O) groups is 1. The average molecular weight is 297 g/mol. The number of hydrogen-bond acceptors (Lipinski definition) is 4.